The molecule has 2 saturated carbocycles. The van der Waals surface area contributed by atoms with E-state index in [1.54, 1.807) is 18.0 Å². The molecule has 1 aromatic heterocycles. The minimum Gasteiger partial charge on any atom is -0.330 e. The van der Waals surface area contributed by atoms with Crippen LogP contribution in [0.25, 0.3) is 0 Å². The van der Waals surface area contributed by atoms with E-state index in [1.807, 2.05) is 12.1 Å². The SMILES string of the molecule is O=C(Cc1cccnc1)NC1=CCC2C1CCC1C3CCCCC3=CCC12. The van der Waals surface area contributed by atoms with Gasteiger partial charge in [0.25, 0.3) is 0 Å². The molecule has 5 unspecified atom stereocenters. The smallest absolute Gasteiger partial charge is 0.228 e. The van der Waals surface area contributed by atoms with Crippen molar-refractivity contribution in [2.45, 2.75) is 57.8 Å². The Morgan fingerprint density at radius 2 is 1.96 bits per heavy atom. The molecule has 1 amide bonds. The molecule has 1 aromatic rings. The molecule has 27 heavy (non-hydrogen) atoms. The molecule has 5 rings (SSSR count). The highest BCUT2D eigenvalue weighted by atomic mass is 16.1. The molecule has 0 aliphatic heterocycles. The van der Waals surface area contributed by atoms with Crippen molar-refractivity contribution in [1.82, 2.24) is 10.3 Å². The van der Waals surface area contributed by atoms with Crippen molar-refractivity contribution in [2.24, 2.45) is 29.6 Å². The zero-order chi connectivity index (χ0) is 18.2. The molecule has 3 heteroatoms. The van der Waals surface area contributed by atoms with Gasteiger partial charge in [-0.1, -0.05) is 30.2 Å². The topological polar surface area (TPSA) is 42.0 Å². The first-order valence-corrected chi connectivity index (χ1v) is 10.9. The lowest BCUT2D eigenvalue weighted by atomic mass is 9.56. The molecule has 0 spiro atoms. The van der Waals surface area contributed by atoms with E-state index in [4.69, 9.17) is 0 Å². The number of allylic oxidation sites excluding steroid dienone is 4. The standard InChI is InChI=1S/C24H30N2O/c27-24(14-16-4-3-13-25-15-16)26-23-12-11-21-20-8-7-17-5-1-2-6-18(17)19(20)9-10-22(21)23/h3-4,7,12-13,15,18-22H,1-2,5-6,8-11,14H2,(H,26,27). The van der Waals surface area contributed by atoms with Gasteiger partial charge < -0.3 is 5.32 Å². The van der Waals surface area contributed by atoms with E-state index in [9.17, 15) is 4.79 Å². The second kappa shape index (κ2) is 7.26. The van der Waals surface area contributed by atoms with Crippen molar-refractivity contribution >= 4 is 5.91 Å². The molecular weight excluding hydrogens is 332 g/mol. The summed E-state index contributed by atoms with van der Waals surface area (Å²) >= 11 is 0. The van der Waals surface area contributed by atoms with Crippen molar-refractivity contribution in [3.63, 3.8) is 0 Å². The third-order valence-corrected chi connectivity index (χ3v) is 7.68. The summed E-state index contributed by atoms with van der Waals surface area (Å²) in [5.41, 5.74) is 3.98. The Morgan fingerprint density at radius 3 is 2.85 bits per heavy atom. The zero-order valence-electron chi connectivity index (χ0n) is 16.1. The van der Waals surface area contributed by atoms with Crippen LogP contribution >= 0.6 is 0 Å². The quantitative estimate of drug-likeness (QED) is 0.784. The molecule has 0 bridgehead atoms. The maximum Gasteiger partial charge on any atom is 0.228 e. The minimum atomic E-state index is 0.107. The third kappa shape index (κ3) is 3.26. The molecule has 0 aromatic carbocycles. The van der Waals surface area contributed by atoms with Crippen molar-refractivity contribution in [1.29, 1.82) is 0 Å². The number of pyridine rings is 1. The number of nitrogens with zero attached hydrogens (tertiary/aromatic N) is 1. The number of hydrogen-bond donors (Lipinski definition) is 1. The monoisotopic (exact) mass is 362 g/mol. The average molecular weight is 363 g/mol. The number of fused-ring (bicyclic) bond motifs is 5. The van der Waals surface area contributed by atoms with Gasteiger partial charge in [-0.15, -0.1) is 0 Å². The van der Waals surface area contributed by atoms with Gasteiger partial charge in [0.05, 0.1) is 6.42 Å². The summed E-state index contributed by atoms with van der Waals surface area (Å²) in [6, 6.07) is 3.87. The summed E-state index contributed by atoms with van der Waals surface area (Å²) in [4.78, 5) is 16.6. The lowest BCUT2D eigenvalue weighted by Crippen LogP contribution is -2.41. The fourth-order valence-corrected chi connectivity index (χ4v) is 6.54. The fraction of sp³-hybridized carbons (Fsp3) is 0.583. The molecular formula is C24H30N2O. The summed E-state index contributed by atoms with van der Waals surface area (Å²) in [5.74, 6) is 4.04. The highest BCUT2D eigenvalue weighted by molar-refractivity contribution is 5.80. The molecule has 142 valence electrons. The van der Waals surface area contributed by atoms with Gasteiger partial charge in [0, 0.05) is 24.0 Å². The average Bonchev–Trinajstić information content (AvgIpc) is 3.11. The second-order valence-electron chi connectivity index (χ2n) is 9.02. The maximum absolute atomic E-state index is 12.5. The highest BCUT2D eigenvalue weighted by Gasteiger charge is 2.47. The van der Waals surface area contributed by atoms with Crippen LogP contribution in [0.4, 0.5) is 0 Å². The first-order chi connectivity index (χ1) is 13.3. The van der Waals surface area contributed by atoms with Gasteiger partial charge in [-0.3, -0.25) is 9.78 Å². The van der Waals surface area contributed by atoms with Crippen LogP contribution in [-0.4, -0.2) is 10.9 Å². The molecule has 1 N–H and O–H groups in total. The first-order valence-electron chi connectivity index (χ1n) is 10.9. The van der Waals surface area contributed by atoms with E-state index in [0.717, 1.165) is 35.7 Å². The van der Waals surface area contributed by atoms with Crippen molar-refractivity contribution in [2.75, 3.05) is 0 Å². The van der Waals surface area contributed by atoms with Crippen LogP contribution in [0, 0.1) is 29.6 Å². The minimum absolute atomic E-state index is 0.107. The summed E-state index contributed by atoms with van der Waals surface area (Å²) in [6.45, 7) is 0. The van der Waals surface area contributed by atoms with Crippen LogP contribution in [-0.2, 0) is 11.2 Å². The van der Waals surface area contributed by atoms with Crippen LogP contribution in [0.2, 0.25) is 0 Å². The Labute approximate surface area is 162 Å². The van der Waals surface area contributed by atoms with Crippen LogP contribution in [0.5, 0.6) is 0 Å². The van der Waals surface area contributed by atoms with E-state index in [2.05, 4.69) is 22.5 Å². The summed E-state index contributed by atoms with van der Waals surface area (Å²) in [6.07, 6.45) is 19.5. The van der Waals surface area contributed by atoms with E-state index < -0.39 is 0 Å². The molecule has 4 aliphatic carbocycles. The lowest BCUT2D eigenvalue weighted by Gasteiger charge is -2.48. The van der Waals surface area contributed by atoms with Crippen LogP contribution < -0.4 is 5.32 Å². The Morgan fingerprint density at radius 1 is 1.04 bits per heavy atom. The molecule has 0 radical (unpaired) electrons. The van der Waals surface area contributed by atoms with Gasteiger partial charge in [0.2, 0.25) is 5.91 Å². The second-order valence-corrected chi connectivity index (χ2v) is 9.02. The number of hydrogen-bond acceptors (Lipinski definition) is 2. The third-order valence-electron chi connectivity index (χ3n) is 7.68. The Hall–Kier alpha value is -1.90. The van der Waals surface area contributed by atoms with Crippen LogP contribution in [0.15, 0.2) is 47.9 Å². The number of carbonyl (C=O) groups is 1. The predicted octanol–water partition coefficient (Wildman–Crippen LogP) is 4.81. The lowest BCUT2D eigenvalue weighted by molar-refractivity contribution is -0.120. The van der Waals surface area contributed by atoms with Gasteiger partial charge >= 0.3 is 0 Å². The van der Waals surface area contributed by atoms with Gasteiger partial charge in [0.1, 0.15) is 0 Å². The summed E-state index contributed by atoms with van der Waals surface area (Å²) in [7, 11) is 0. The Bertz CT molecular complexity index is 766. The van der Waals surface area contributed by atoms with E-state index >= 15 is 0 Å². The largest absolute Gasteiger partial charge is 0.330 e. The number of carbonyl (C=O) groups excluding carboxylic acids is 1. The summed E-state index contributed by atoms with van der Waals surface area (Å²) in [5, 5.41) is 3.26. The molecule has 0 saturated heterocycles. The van der Waals surface area contributed by atoms with Crippen molar-refractivity contribution < 1.29 is 4.79 Å². The molecule has 5 atom stereocenters. The normalized spacial score (nSPS) is 34.6. The van der Waals surface area contributed by atoms with Crippen LogP contribution in [0.3, 0.4) is 0 Å². The van der Waals surface area contributed by atoms with Gasteiger partial charge in [-0.05, 0) is 80.2 Å². The predicted molar refractivity (Wildman–Crippen MR) is 107 cm³/mol. The Balaban J connectivity index is 1.25. The highest BCUT2D eigenvalue weighted by Crippen LogP contribution is 2.55. The van der Waals surface area contributed by atoms with E-state index in [1.165, 1.54) is 50.6 Å². The Kier molecular flexibility index (Phi) is 4.63. The maximum atomic E-state index is 12.5. The van der Waals surface area contributed by atoms with Crippen molar-refractivity contribution in [3.8, 4) is 0 Å². The van der Waals surface area contributed by atoms with Crippen LogP contribution in [0.1, 0.15) is 56.9 Å². The molecule has 4 aliphatic rings. The number of amides is 1. The van der Waals surface area contributed by atoms with E-state index in [-0.39, 0.29) is 5.91 Å². The molecule has 1 heterocycles. The first kappa shape index (κ1) is 17.2. The molecule has 2 fully saturated rings. The molecule has 3 nitrogen and oxygen atoms in total. The number of rotatable bonds is 3. The number of nitrogens with one attached hydrogen (secondary N) is 1. The van der Waals surface area contributed by atoms with Gasteiger partial charge in [-0.25, -0.2) is 0 Å². The zero-order valence-corrected chi connectivity index (χ0v) is 16.1. The van der Waals surface area contributed by atoms with Crippen molar-refractivity contribution in [3.05, 3.63) is 53.5 Å². The van der Waals surface area contributed by atoms with E-state index in [0.29, 0.717) is 12.3 Å². The van der Waals surface area contributed by atoms with Gasteiger partial charge in [0.15, 0.2) is 0 Å². The fourth-order valence-electron chi connectivity index (χ4n) is 6.54. The summed E-state index contributed by atoms with van der Waals surface area (Å²) < 4.78 is 0. The van der Waals surface area contributed by atoms with Gasteiger partial charge in [-0.2, -0.15) is 0 Å². The number of aromatic nitrogens is 1.